The van der Waals surface area contributed by atoms with E-state index in [1.54, 1.807) is 0 Å². The van der Waals surface area contributed by atoms with Crippen LogP contribution in [0.15, 0.2) is 16.6 Å². The van der Waals surface area contributed by atoms with E-state index in [-0.39, 0.29) is 34.5 Å². The van der Waals surface area contributed by atoms with Crippen LogP contribution in [0.3, 0.4) is 0 Å². The van der Waals surface area contributed by atoms with Crippen LogP contribution in [0.1, 0.15) is 13.8 Å². The summed E-state index contributed by atoms with van der Waals surface area (Å²) >= 11 is 3.00. The summed E-state index contributed by atoms with van der Waals surface area (Å²) in [6.45, 7) is 3.49. The van der Waals surface area contributed by atoms with Crippen molar-refractivity contribution in [3.8, 4) is 5.75 Å². The van der Waals surface area contributed by atoms with Gasteiger partial charge in [0.25, 0.3) is 5.91 Å². The maximum Gasteiger partial charge on any atom is 0.258 e. The minimum absolute atomic E-state index is 0.0325. The van der Waals surface area contributed by atoms with Crippen LogP contribution in [-0.4, -0.2) is 18.6 Å². The zero-order valence-electron chi connectivity index (χ0n) is 9.59. The molecular weight excluding hydrogens is 291 g/mol. The number of rotatable bonds is 4. The predicted octanol–water partition coefficient (Wildman–Crippen LogP) is 2.07. The van der Waals surface area contributed by atoms with Crippen LogP contribution < -0.4 is 15.8 Å². The molecule has 1 amide bonds. The lowest BCUT2D eigenvalue weighted by molar-refractivity contribution is -0.123. The summed E-state index contributed by atoms with van der Waals surface area (Å²) < 4.78 is 18.6. The van der Waals surface area contributed by atoms with Crippen molar-refractivity contribution in [3.05, 3.63) is 22.4 Å². The molecule has 0 saturated carbocycles. The van der Waals surface area contributed by atoms with E-state index in [0.717, 1.165) is 6.07 Å². The Morgan fingerprint density at radius 1 is 1.59 bits per heavy atom. The first-order valence-corrected chi connectivity index (χ1v) is 5.86. The highest BCUT2D eigenvalue weighted by Crippen LogP contribution is 2.28. The van der Waals surface area contributed by atoms with Crippen molar-refractivity contribution in [3.63, 3.8) is 0 Å². The van der Waals surface area contributed by atoms with Crippen molar-refractivity contribution in [2.24, 2.45) is 0 Å². The molecular formula is C11H14BrFN2O2. The third-order valence-electron chi connectivity index (χ3n) is 1.86. The zero-order chi connectivity index (χ0) is 13.0. The van der Waals surface area contributed by atoms with Crippen molar-refractivity contribution in [1.29, 1.82) is 0 Å². The topological polar surface area (TPSA) is 64.3 Å². The van der Waals surface area contributed by atoms with Gasteiger partial charge in [0.05, 0.1) is 10.2 Å². The van der Waals surface area contributed by atoms with Gasteiger partial charge in [-0.15, -0.1) is 0 Å². The molecule has 0 aliphatic rings. The molecule has 0 aromatic heterocycles. The van der Waals surface area contributed by atoms with Crippen LogP contribution in [0.5, 0.6) is 5.75 Å². The highest BCUT2D eigenvalue weighted by atomic mass is 79.9. The summed E-state index contributed by atoms with van der Waals surface area (Å²) in [6.07, 6.45) is 0. The molecule has 0 spiro atoms. The minimum atomic E-state index is -0.488. The van der Waals surface area contributed by atoms with E-state index in [1.807, 2.05) is 13.8 Å². The van der Waals surface area contributed by atoms with Crippen LogP contribution in [0.2, 0.25) is 0 Å². The second kappa shape index (κ2) is 5.86. The molecule has 0 heterocycles. The van der Waals surface area contributed by atoms with Gasteiger partial charge in [-0.1, -0.05) is 0 Å². The number of carbonyl (C=O) groups is 1. The minimum Gasteiger partial charge on any atom is -0.482 e. The number of hydrogen-bond acceptors (Lipinski definition) is 3. The second-order valence-electron chi connectivity index (χ2n) is 3.82. The summed E-state index contributed by atoms with van der Waals surface area (Å²) in [4.78, 5) is 11.3. The third kappa shape index (κ3) is 4.22. The summed E-state index contributed by atoms with van der Waals surface area (Å²) in [5.41, 5.74) is 5.90. The normalized spacial score (nSPS) is 10.4. The number of halogens is 2. The quantitative estimate of drug-likeness (QED) is 0.837. The van der Waals surface area contributed by atoms with Gasteiger partial charge in [-0.3, -0.25) is 4.79 Å². The number of nitrogens with one attached hydrogen (secondary N) is 1. The van der Waals surface area contributed by atoms with Crippen LogP contribution in [0.25, 0.3) is 0 Å². The first kappa shape index (κ1) is 13.8. The second-order valence-corrected chi connectivity index (χ2v) is 4.67. The highest BCUT2D eigenvalue weighted by Gasteiger charge is 2.09. The molecule has 0 unspecified atom stereocenters. The number of carbonyl (C=O) groups excluding carboxylic acids is 1. The number of anilines is 1. The molecule has 3 N–H and O–H groups in total. The summed E-state index contributed by atoms with van der Waals surface area (Å²) in [7, 11) is 0. The SMILES string of the molecule is CC(C)NC(=O)COc1cc(F)c(Br)cc1N. The molecule has 0 atom stereocenters. The molecule has 17 heavy (non-hydrogen) atoms. The fraction of sp³-hybridized carbons (Fsp3) is 0.364. The fourth-order valence-electron chi connectivity index (χ4n) is 1.18. The van der Waals surface area contributed by atoms with Crippen LogP contribution in [-0.2, 0) is 4.79 Å². The van der Waals surface area contributed by atoms with Crippen LogP contribution in [0.4, 0.5) is 10.1 Å². The van der Waals surface area contributed by atoms with Gasteiger partial charge in [0.2, 0.25) is 0 Å². The molecule has 0 aliphatic carbocycles. The summed E-state index contributed by atoms with van der Waals surface area (Å²) in [5, 5.41) is 2.65. The van der Waals surface area contributed by atoms with Crippen molar-refractivity contribution in [1.82, 2.24) is 5.32 Å². The Kier molecular flexibility index (Phi) is 4.74. The maximum absolute atomic E-state index is 13.2. The Labute approximate surface area is 107 Å². The summed E-state index contributed by atoms with van der Waals surface area (Å²) in [5.74, 6) is -0.606. The Balaban J connectivity index is 2.63. The Bertz CT molecular complexity index is 424. The van der Waals surface area contributed by atoms with E-state index >= 15 is 0 Å². The van der Waals surface area contributed by atoms with Gasteiger partial charge in [-0.2, -0.15) is 0 Å². The van der Waals surface area contributed by atoms with Gasteiger partial charge >= 0.3 is 0 Å². The molecule has 1 aromatic carbocycles. The maximum atomic E-state index is 13.2. The van der Waals surface area contributed by atoms with Gasteiger partial charge < -0.3 is 15.8 Å². The lowest BCUT2D eigenvalue weighted by Crippen LogP contribution is -2.34. The number of nitrogen functional groups attached to an aromatic ring is 1. The average Bonchev–Trinajstić information content (AvgIpc) is 2.20. The monoisotopic (exact) mass is 304 g/mol. The highest BCUT2D eigenvalue weighted by molar-refractivity contribution is 9.10. The molecule has 6 heteroatoms. The van der Waals surface area contributed by atoms with Crippen molar-refractivity contribution >= 4 is 27.5 Å². The molecule has 0 saturated heterocycles. The molecule has 0 aliphatic heterocycles. The van der Waals surface area contributed by atoms with Crippen LogP contribution in [0, 0.1) is 5.82 Å². The zero-order valence-corrected chi connectivity index (χ0v) is 11.2. The van der Waals surface area contributed by atoms with Gasteiger partial charge in [0.1, 0.15) is 11.6 Å². The number of amides is 1. The number of hydrogen-bond donors (Lipinski definition) is 2. The first-order valence-electron chi connectivity index (χ1n) is 5.07. The third-order valence-corrected chi connectivity index (χ3v) is 2.47. The summed E-state index contributed by atoms with van der Waals surface area (Å²) in [6, 6.07) is 2.57. The lowest BCUT2D eigenvalue weighted by Gasteiger charge is -2.11. The van der Waals surface area contributed by atoms with Crippen molar-refractivity contribution in [2.45, 2.75) is 19.9 Å². The van der Waals surface area contributed by atoms with Gasteiger partial charge in [-0.05, 0) is 35.8 Å². The molecule has 0 bridgehead atoms. The van der Waals surface area contributed by atoms with Gasteiger partial charge in [0, 0.05) is 12.1 Å². The molecule has 0 radical (unpaired) electrons. The Hall–Kier alpha value is -1.30. The van der Waals surface area contributed by atoms with E-state index in [1.165, 1.54) is 6.07 Å². The lowest BCUT2D eigenvalue weighted by atomic mass is 10.3. The molecule has 4 nitrogen and oxygen atoms in total. The van der Waals surface area contributed by atoms with Crippen LogP contribution >= 0.6 is 15.9 Å². The first-order chi connectivity index (χ1) is 7.90. The standard InChI is InChI=1S/C11H14BrFN2O2/c1-6(2)15-11(16)5-17-10-4-8(13)7(12)3-9(10)14/h3-4,6H,5,14H2,1-2H3,(H,15,16). The van der Waals surface area contributed by atoms with Gasteiger partial charge in [-0.25, -0.2) is 4.39 Å². The number of benzene rings is 1. The van der Waals surface area contributed by atoms with Crippen molar-refractivity contribution in [2.75, 3.05) is 12.3 Å². The largest absolute Gasteiger partial charge is 0.482 e. The molecule has 1 rings (SSSR count). The van der Waals surface area contributed by atoms with Crippen molar-refractivity contribution < 1.29 is 13.9 Å². The Morgan fingerprint density at radius 2 is 2.24 bits per heavy atom. The fourth-order valence-corrected chi connectivity index (χ4v) is 1.54. The van der Waals surface area contributed by atoms with E-state index in [0.29, 0.717) is 0 Å². The van der Waals surface area contributed by atoms with E-state index < -0.39 is 5.82 Å². The van der Waals surface area contributed by atoms with E-state index in [9.17, 15) is 9.18 Å². The smallest absolute Gasteiger partial charge is 0.258 e. The molecule has 1 aromatic rings. The van der Waals surface area contributed by atoms with E-state index in [4.69, 9.17) is 10.5 Å². The van der Waals surface area contributed by atoms with E-state index in [2.05, 4.69) is 21.2 Å². The number of nitrogens with two attached hydrogens (primary N) is 1. The van der Waals surface area contributed by atoms with Gasteiger partial charge in [0.15, 0.2) is 6.61 Å². The average molecular weight is 305 g/mol. The predicted molar refractivity (Wildman–Crippen MR) is 67.3 cm³/mol. The molecule has 0 fully saturated rings. The molecule has 94 valence electrons. The Morgan fingerprint density at radius 3 is 2.82 bits per heavy atom. The number of ether oxygens (including phenoxy) is 1.